The molecule has 1 aliphatic rings. The minimum absolute atomic E-state index is 0.0470. The smallest absolute Gasteiger partial charge is 0.253 e. The van der Waals surface area contributed by atoms with Crippen LogP contribution in [0.2, 0.25) is 0 Å². The number of aromatic nitrogens is 4. The Morgan fingerprint density at radius 2 is 1.59 bits per heavy atom. The van der Waals surface area contributed by atoms with E-state index in [-0.39, 0.29) is 11.7 Å². The van der Waals surface area contributed by atoms with E-state index in [2.05, 4.69) is 42.2 Å². The van der Waals surface area contributed by atoms with E-state index in [1.54, 1.807) is 16.8 Å². The van der Waals surface area contributed by atoms with Crippen molar-refractivity contribution < 1.29 is 9.18 Å². The Balaban J connectivity index is 1.23. The molecule has 0 saturated carbocycles. The number of carbonyl (C=O) groups is 1. The fraction of sp³-hybridized carbons (Fsp3) is 0.222. The number of halogens is 1. The highest BCUT2D eigenvalue weighted by Gasteiger charge is 2.26. The summed E-state index contributed by atoms with van der Waals surface area (Å²) in [6, 6.07) is 28.7. The molecular formula is C36H33FN6O. The van der Waals surface area contributed by atoms with E-state index in [0.29, 0.717) is 43.1 Å². The van der Waals surface area contributed by atoms with Crippen molar-refractivity contribution in [3.63, 3.8) is 0 Å². The Morgan fingerprint density at radius 1 is 0.818 bits per heavy atom. The van der Waals surface area contributed by atoms with Gasteiger partial charge < -0.3 is 9.80 Å². The number of fused-ring (bicyclic) bond motifs is 2. The molecule has 0 radical (unpaired) electrons. The van der Waals surface area contributed by atoms with Gasteiger partial charge in [0.1, 0.15) is 17.5 Å². The summed E-state index contributed by atoms with van der Waals surface area (Å²) in [4.78, 5) is 28.0. The van der Waals surface area contributed by atoms with Gasteiger partial charge in [0.2, 0.25) is 0 Å². The van der Waals surface area contributed by atoms with E-state index >= 15 is 0 Å². The van der Waals surface area contributed by atoms with Crippen molar-refractivity contribution in [2.45, 2.75) is 26.7 Å². The second-order valence-electron chi connectivity index (χ2n) is 11.5. The van der Waals surface area contributed by atoms with Crippen LogP contribution in [0.5, 0.6) is 0 Å². The van der Waals surface area contributed by atoms with Crippen LogP contribution in [0, 0.1) is 19.7 Å². The predicted molar refractivity (Wildman–Crippen MR) is 172 cm³/mol. The highest BCUT2D eigenvalue weighted by Crippen LogP contribution is 2.30. The molecule has 0 atom stereocenters. The molecule has 0 unspecified atom stereocenters. The first-order chi connectivity index (χ1) is 21.4. The van der Waals surface area contributed by atoms with Crippen molar-refractivity contribution in [3.8, 4) is 5.69 Å². The fourth-order valence-corrected chi connectivity index (χ4v) is 6.00. The molecular weight excluding hydrogens is 551 g/mol. The Kier molecular flexibility index (Phi) is 7.26. The zero-order chi connectivity index (χ0) is 30.2. The van der Waals surface area contributed by atoms with Gasteiger partial charge in [-0.2, -0.15) is 5.10 Å². The molecule has 1 amide bonds. The maximum Gasteiger partial charge on any atom is 0.253 e. The molecule has 1 aliphatic heterocycles. The molecule has 6 aromatic rings. The molecule has 1 saturated heterocycles. The molecule has 4 aromatic carbocycles. The van der Waals surface area contributed by atoms with E-state index in [1.165, 1.54) is 17.7 Å². The Hall–Kier alpha value is -5.11. The number of hydrogen-bond acceptors (Lipinski definition) is 5. The predicted octanol–water partition coefficient (Wildman–Crippen LogP) is 6.67. The number of nitrogens with zero attached hydrogens (tertiary/aromatic N) is 6. The van der Waals surface area contributed by atoms with Gasteiger partial charge in [-0.15, -0.1) is 0 Å². The number of aryl methyl sites for hydroxylation is 2. The third kappa shape index (κ3) is 5.39. The van der Waals surface area contributed by atoms with Crippen LogP contribution in [0.25, 0.3) is 27.5 Å². The van der Waals surface area contributed by atoms with Crippen molar-refractivity contribution in [1.82, 2.24) is 24.6 Å². The van der Waals surface area contributed by atoms with Gasteiger partial charge in [0.25, 0.3) is 5.91 Å². The second-order valence-corrected chi connectivity index (χ2v) is 11.5. The van der Waals surface area contributed by atoms with Crippen LogP contribution in [0.3, 0.4) is 0 Å². The number of benzene rings is 4. The number of anilines is 1. The zero-order valence-electron chi connectivity index (χ0n) is 24.9. The van der Waals surface area contributed by atoms with E-state index in [9.17, 15) is 9.18 Å². The maximum atomic E-state index is 13.8. The molecule has 0 N–H and O–H groups in total. The van der Waals surface area contributed by atoms with Crippen molar-refractivity contribution in [3.05, 3.63) is 125 Å². The second kappa shape index (κ2) is 11.5. The minimum Gasteiger partial charge on any atom is -0.354 e. The van der Waals surface area contributed by atoms with E-state index in [0.717, 1.165) is 51.9 Å². The van der Waals surface area contributed by atoms with Gasteiger partial charge in [0.15, 0.2) is 5.65 Å². The normalized spacial score (nSPS) is 13.9. The molecule has 220 valence electrons. The quantitative estimate of drug-likeness (QED) is 0.227. The number of carbonyl (C=O) groups excluding carboxylic acids is 1. The van der Waals surface area contributed by atoms with Crippen molar-refractivity contribution >= 4 is 33.5 Å². The average molecular weight is 585 g/mol. The third-order valence-electron chi connectivity index (χ3n) is 8.36. The monoisotopic (exact) mass is 584 g/mol. The summed E-state index contributed by atoms with van der Waals surface area (Å²) in [7, 11) is 0. The van der Waals surface area contributed by atoms with Gasteiger partial charge >= 0.3 is 0 Å². The third-order valence-corrected chi connectivity index (χ3v) is 8.36. The molecule has 7 rings (SSSR count). The molecule has 7 nitrogen and oxygen atoms in total. The first kappa shape index (κ1) is 27.7. The summed E-state index contributed by atoms with van der Waals surface area (Å²) >= 11 is 0. The minimum atomic E-state index is -0.301. The van der Waals surface area contributed by atoms with Crippen LogP contribution in [-0.4, -0.2) is 56.7 Å². The number of rotatable bonds is 5. The molecule has 1 fully saturated rings. The van der Waals surface area contributed by atoms with Crippen LogP contribution in [0.15, 0.2) is 91.0 Å². The Morgan fingerprint density at radius 3 is 2.39 bits per heavy atom. The lowest BCUT2D eigenvalue weighted by Gasteiger charge is -2.24. The van der Waals surface area contributed by atoms with Crippen molar-refractivity contribution in [2.24, 2.45) is 0 Å². The van der Waals surface area contributed by atoms with Crippen LogP contribution in [0.4, 0.5) is 10.2 Å². The van der Waals surface area contributed by atoms with Crippen molar-refractivity contribution in [1.29, 1.82) is 0 Å². The van der Waals surface area contributed by atoms with E-state index in [4.69, 9.17) is 15.1 Å². The molecule has 3 heterocycles. The summed E-state index contributed by atoms with van der Waals surface area (Å²) in [6.45, 7) is 6.66. The summed E-state index contributed by atoms with van der Waals surface area (Å²) in [5, 5.41) is 7.89. The lowest BCUT2D eigenvalue weighted by Crippen LogP contribution is -2.35. The van der Waals surface area contributed by atoms with Gasteiger partial charge in [-0.1, -0.05) is 60.2 Å². The fourth-order valence-electron chi connectivity index (χ4n) is 6.00. The summed E-state index contributed by atoms with van der Waals surface area (Å²) in [5.74, 6) is 1.26. The first-order valence-corrected chi connectivity index (χ1v) is 15.0. The van der Waals surface area contributed by atoms with Crippen molar-refractivity contribution in [2.75, 3.05) is 31.1 Å². The SMILES string of the molecule is Cc1ccc(Cc2nc(N3CCCN(C(=O)c4ccc5ccccc5c4)CC3)c3c(C)nn(-c4ccc(F)cc4)c3n2)cc1. The standard InChI is InChI=1S/C36H33FN6O/c1-24-8-10-26(11-9-24)22-32-38-34(33-25(2)40-43(35(33)39-32)31-16-14-30(37)15-17-31)41-18-5-19-42(21-20-41)36(44)29-13-12-27-6-3-4-7-28(27)23-29/h3-4,6-17,23H,5,18-22H2,1-2H3. The van der Waals surface area contributed by atoms with E-state index < -0.39 is 0 Å². The number of amides is 1. The molecule has 0 bridgehead atoms. The zero-order valence-corrected chi connectivity index (χ0v) is 24.9. The lowest BCUT2D eigenvalue weighted by molar-refractivity contribution is 0.0767. The summed E-state index contributed by atoms with van der Waals surface area (Å²) in [5.41, 5.74) is 5.25. The highest BCUT2D eigenvalue weighted by molar-refractivity contribution is 5.98. The largest absolute Gasteiger partial charge is 0.354 e. The highest BCUT2D eigenvalue weighted by atomic mass is 19.1. The van der Waals surface area contributed by atoms with Gasteiger partial charge in [-0.05, 0) is 73.0 Å². The van der Waals surface area contributed by atoms with Crippen LogP contribution >= 0.6 is 0 Å². The Labute approximate surface area is 255 Å². The maximum absolute atomic E-state index is 13.8. The number of hydrogen-bond donors (Lipinski definition) is 0. The summed E-state index contributed by atoms with van der Waals surface area (Å²) in [6.07, 6.45) is 1.38. The van der Waals surface area contributed by atoms with Gasteiger partial charge in [0, 0.05) is 38.2 Å². The molecule has 2 aromatic heterocycles. The van der Waals surface area contributed by atoms with Crippen LogP contribution in [0.1, 0.15) is 39.4 Å². The van der Waals surface area contributed by atoms with Gasteiger partial charge in [-0.25, -0.2) is 19.0 Å². The lowest BCUT2D eigenvalue weighted by atomic mass is 10.1. The first-order valence-electron chi connectivity index (χ1n) is 15.0. The van der Waals surface area contributed by atoms with E-state index in [1.807, 2.05) is 48.2 Å². The van der Waals surface area contributed by atoms with Crippen LogP contribution < -0.4 is 4.90 Å². The molecule has 0 aliphatic carbocycles. The topological polar surface area (TPSA) is 67.2 Å². The van der Waals surface area contributed by atoms with Gasteiger partial charge in [-0.3, -0.25) is 4.79 Å². The Bertz CT molecular complexity index is 1980. The average Bonchev–Trinajstić information content (AvgIpc) is 3.20. The summed E-state index contributed by atoms with van der Waals surface area (Å²) < 4.78 is 15.6. The molecule has 8 heteroatoms. The molecule has 0 spiro atoms. The molecule has 44 heavy (non-hydrogen) atoms. The van der Waals surface area contributed by atoms with Gasteiger partial charge in [0.05, 0.1) is 16.8 Å². The van der Waals surface area contributed by atoms with Crippen LogP contribution in [-0.2, 0) is 6.42 Å².